The smallest absolute Gasteiger partial charge is 0.137 e. The molecule has 3 atom stereocenters. The Morgan fingerprint density at radius 3 is 3.00 bits per heavy atom. The lowest BCUT2D eigenvalue weighted by molar-refractivity contribution is -0.111. The van der Waals surface area contributed by atoms with Gasteiger partial charge in [0.2, 0.25) is 0 Å². The Morgan fingerprint density at radius 2 is 2.42 bits per heavy atom. The van der Waals surface area contributed by atoms with E-state index < -0.39 is 0 Å². The first kappa shape index (κ1) is 7.92. The molecule has 3 nitrogen and oxygen atoms in total. The Labute approximate surface area is 72.3 Å². The van der Waals surface area contributed by atoms with Crippen molar-refractivity contribution >= 4 is 12.0 Å². The summed E-state index contributed by atoms with van der Waals surface area (Å²) in [6, 6.07) is 0.542. The molecule has 3 heteroatoms. The lowest BCUT2D eigenvalue weighted by atomic mass is 9.75. The molecule has 1 aliphatic carbocycles. The van der Waals surface area contributed by atoms with Gasteiger partial charge in [-0.25, -0.2) is 0 Å². The molecule has 0 aromatic carbocycles. The van der Waals surface area contributed by atoms with E-state index in [0.29, 0.717) is 12.0 Å². The fraction of sp³-hybridized carbons (Fsp3) is 0.778. The summed E-state index contributed by atoms with van der Waals surface area (Å²) in [6.07, 6.45) is 4.41. The summed E-state index contributed by atoms with van der Waals surface area (Å²) in [5, 5.41) is 3.32. The van der Waals surface area contributed by atoms with Crippen LogP contribution in [0.15, 0.2) is 4.99 Å². The number of rotatable bonds is 1. The summed E-state index contributed by atoms with van der Waals surface area (Å²) >= 11 is 0. The van der Waals surface area contributed by atoms with Gasteiger partial charge in [-0.3, -0.25) is 4.99 Å². The molecule has 2 heterocycles. The number of carbonyl (C=O) groups is 1. The molecule has 0 aromatic rings. The number of fused-ring (bicyclic) bond motifs is 3. The summed E-state index contributed by atoms with van der Waals surface area (Å²) in [6.45, 7) is 0. The topological polar surface area (TPSA) is 41.5 Å². The first-order valence-corrected chi connectivity index (χ1v) is 4.52. The summed E-state index contributed by atoms with van der Waals surface area (Å²) in [7, 11) is 1.83. The Balaban J connectivity index is 2.21. The molecule has 3 aliphatic rings. The predicted molar refractivity (Wildman–Crippen MR) is 47.5 cm³/mol. The highest BCUT2D eigenvalue weighted by Gasteiger charge is 2.38. The molecule has 0 radical (unpaired) electrons. The summed E-state index contributed by atoms with van der Waals surface area (Å²) in [4.78, 5) is 14.9. The van der Waals surface area contributed by atoms with Crippen molar-refractivity contribution in [3.05, 3.63) is 0 Å². The first-order valence-electron chi connectivity index (χ1n) is 4.52. The Kier molecular flexibility index (Phi) is 1.97. The number of hydrogen-bond acceptors (Lipinski definition) is 3. The third kappa shape index (κ3) is 1.08. The summed E-state index contributed by atoms with van der Waals surface area (Å²) in [5.74, 6) is 0.387. The summed E-state index contributed by atoms with van der Waals surface area (Å²) in [5.41, 5.74) is 1.24. The van der Waals surface area contributed by atoms with Gasteiger partial charge < -0.3 is 10.1 Å². The highest BCUT2D eigenvalue weighted by atomic mass is 16.1. The maximum absolute atomic E-state index is 10.7. The lowest BCUT2D eigenvalue weighted by Gasteiger charge is -2.42. The van der Waals surface area contributed by atoms with E-state index in [0.717, 1.165) is 19.1 Å². The van der Waals surface area contributed by atoms with Gasteiger partial charge in [0.15, 0.2) is 0 Å². The van der Waals surface area contributed by atoms with Crippen LogP contribution in [0.25, 0.3) is 0 Å². The van der Waals surface area contributed by atoms with Crippen LogP contribution >= 0.6 is 0 Å². The van der Waals surface area contributed by atoms with Gasteiger partial charge >= 0.3 is 0 Å². The van der Waals surface area contributed by atoms with E-state index in [2.05, 4.69) is 10.3 Å². The van der Waals surface area contributed by atoms with E-state index in [-0.39, 0.29) is 6.04 Å². The molecular formula is C9H14N2O. The second-order valence-corrected chi connectivity index (χ2v) is 3.63. The zero-order valence-electron chi connectivity index (χ0n) is 7.29. The van der Waals surface area contributed by atoms with E-state index in [1.807, 2.05) is 7.05 Å². The molecule has 0 spiro atoms. The minimum Gasteiger partial charge on any atom is -0.304 e. The second-order valence-electron chi connectivity index (χ2n) is 3.63. The maximum Gasteiger partial charge on any atom is 0.137 e. The van der Waals surface area contributed by atoms with Crippen LogP contribution in [0.2, 0.25) is 0 Å². The third-order valence-electron chi connectivity index (χ3n) is 3.01. The molecule has 1 N–H and O–H groups in total. The van der Waals surface area contributed by atoms with Crippen LogP contribution in [0.1, 0.15) is 19.3 Å². The normalized spacial score (nSPS) is 43.4. The lowest BCUT2D eigenvalue weighted by Crippen LogP contribution is -2.57. The van der Waals surface area contributed by atoms with Crippen LogP contribution in [0, 0.1) is 5.92 Å². The SMILES string of the molecule is CN=C1C[C@@H]2CC[C@H]1[C@@H](C=O)N2. The molecule has 2 saturated heterocycles. The number of aldehydes is 1. The minimum atomic E-state index is 0.0381. The van der Waals surface area contributed by atoms with Crippen molar-refractivity contribution in [2.75, 3.05) is 7.05 Å². The van der Waals surface area contributed by atoms with Crippen LogP contribution in [0.4, 0.5) is 0 Å². The average Bonchev–Trinajstić information content (AvgIpc) is 2.18. The largest absolute Gasteiger partial charge is 0.304 e. The van der Waals surface area contributed by atoms with Gasteiger partial charge in [0.25, 0.3) is 0 Å². The molecule has 1 saturated carbocycles. The van der Waals surface area contributed by atoms with E-state index in [4.69, 9.17) is 0 Å². The number of carbonyl (C=O) groups excluding carboxylic acids is 1. The first-order chi connectivity index (χ1) is 5.85. The summed E-state index contributed by atoms with van der Waals surface area (Å²) < 4.78 is 0. The molecular weight excluding hydrogens is 152 g/mol. The van der Waals surface area contributed by atoms with Gasteiger partial charge in [-0.2, -0.15) is 0 Å². The fourth-order valence-corrected chi connectivity index (χ4v) is 2.36. The molecule has 0 unspecified atom stereocenters. The van der Waals surface area contributed by atoms with Crippen molar-refractivity contribution in [3.63, 3.8) is 0 Å². The zero-order chi connectivity index (χ0) is 8.55. The zero-order valence-corrected chi connectivity index (χ0v) is 7.29. The van der Waals surface area contributed by atoms with E-state index in [1.54, 1.807) is 0 Å². The number of aliphatic imine (C=N–C) groups is 1. The van der Waals surface area contributed by atoms with Crippen LogP contribution in [0.3, 0.4) is 0 Å². The van der Waals surface area contributed by atoms with Crippen molar-refractivity contribution in [1.29, 1.82) is 0 Å². The van der Waals surface area contributed by atoms with Crippen molar-refractivity contribution in [3.8, 4) is 0 Å². The number of nitrogens with one attached hydrogen (secondary N) is 1. The number of piperidine rings is 2. The van der Waals surface area contributed by atoms with Crippen molar-refractivity contribution in [1.82, 2.24) is 5.32 Å². The number of nitrogens with zero attached hydrogens (tertiary/aromatic N) is 1. The quantitative estimate of drug-likeness (QED) is 0.573. The van der Waals surface area contributed by atoms with Crippen molar-refractivity contribution in [2.24, 2.45) is 10.9 Å². The van der Waals surface area contributed by atoms with Gasteiger partial charge in [-0.15, -0.1) is 0 Å². The maximum atomic E-state index is 10.7. The van der Waals surface area contributed by atoms with Crippen LogP contribution in [0.5, 0.6) is 0 Å². The minimum absolute atomic E-state index is 0.0381. The standard InChI is InChI=1S/C9H14N2O/c1-10-8-4-6-2-3-7(8)9(5-12)11-6/h5-7,9,11H,2-4H2,1H3/t6-,7+,9+/m0/s1. The Bertz CT molecular complexity index is 225. The van der Waals surface area contributed by atoms with Gasteiger partial charge in [0, 0.05) is 31.1 Å². The monoisotopic (exact) mass is 166 g/mol. The van der Waals surface area contributed by atoms with Crippen LogP contribution in [-0.4, -0.2) is 31.1 Å². The van der Waals surface area contributed by atoms with Gasteiger partial charge in [0.1, 0.15) is 6.29 Å². The van der Waals surface area contributed by atoms with E-state index in [9.17, 15) is 4.79 Å². The Hall–Kier alpha value is -0.700. The predicted octanol–water partition coefficient (Wildman–Crippen LogP) is 0.397. The molecule has 0 amide bonds. The van der Waals surface area contributed by atoms with Gasteiger partial charge in [-0.1, -0.05) is 0 Å². The molecule has 3 rings (SSSR count). The molecule has 0 aromatic heterocycles. The van der Waals surface area contributed by atoms with Gasteiger partial charge in [0.05, 0.1) is 6.04 Å². The van der Waals surface area contributed by atoms with E-state index in [1.165, 1.54) is 12.1 Å². The molecule has 12 heavy (non-hydrogen) atoms. The fourth-order valence-electron chi connectivity index (χ4n) is 2.36. The van der Waals surface area contributed by atoms with Crippen molar-refractivity contribution in [2.45, 2.75) is 31.3 Å². The highest BCUT2D eigenvalue weighted by molar-refractivity contribution is 5.92. The van der Waals surface area contributed by atoms with Crippen molar-refractivity contribution < 1.29 is 4.79 Å². The molecule has 2 bridgehead atoms. The Morgan fingerprint density at radius 1 is 1.58 bits per heavy atom. The average molecular weight is 166 g/mol. The number of hydrogen-bond donors (Lipinski definition) is 1. The molecule has 2 aliphatic heterocycles. The molecule has 66 valence electrons. The van der Waals surface area contributed by atoms with Crippen LogP contribution in [-0.2, 0) is 4.79 Å². The van der Waals surface area contributed by atoms with Crippen LogP contribution < -0.4 is 5.32 Å². The molecule has 3 fully saturated rings. The second kappa shape index (κ2) is 2.98. The van der Waals surface area contributed by atoms with E-state index >= 15 is 0 Å². The van der Waals surface area contributed by atoms with Gasteiger partial charge in [-0.05, 0) is 12.8 Å². The highest BCUT2D eigenvalue weighted by Crippen LogP contribution is 2.30. The third-order valence-corrected chi connectivity index (χ3v) is 3.01.